The summed E-state index contributed by atoms with van der Waals surface area (Å²) in [5.74, 6) is 0. The Morgan fingerprint density at radius 3 is 2.95 bits per heavy atom. The third kappa shape index (κ3) is 2.95. The summed E-state index contributed by atoms with van der Waals surface area (Å²) in [7, 11) is -1.65. The number of sulfonamides is 1. The summed E-state index contributed by atoms with van der Waals surface area (Å²) >= 11 is 0. The molecule has 1 unspecified atom stereocenters. The van der Waals surface area contributed by atoms with Crippen molar-refractivity contribution in [1.29, 1.82) is 5.26 Å². The van der Waals surface area contributed by atoms with Crippen LogP contribution in [0.1, 0.15) is 18.4 Å². The van der Waals surface area contributed by atoms with Crippen LogP contribution >= 0.6 is 0 Å². The first-order chi connectivity index (χ1) is 9.07. The average Bonchev–Trinajstić information content (AvgIpc) is 2.47. The number of nitriles is 1. The highest BCUT2D eigenvalue weighted by Gasteiger charge is 2.29. The number of piperidine rings is 1. The van der Waals surface area contributed by atoms with Crippen LogP contribution in [0.2, 0.25) is 0 Å². The van der Waals surface area contributed by atoms with Crippen molar-refractivity contribution < 1.29 is 8.42 Å². The number of rotatable bonds is 3. The lowest BCUT2D eigenvalue weighted by molar-refractivity contribution is 0.293. The molecule has 1 atom stereocenters. The second kappa shape index (κ2) is 5.70. The fraction of sp³-hybridized carbons (Fsp3) is 0.462. The molecule has 19 heavy (non-hydrogen) atoms. The van der Waals surface area contributed by atoms with Crippen molar-refractivity contribution in [2.45, 2.75) is 23.8 Å². The summed E-state index contributed by atoms with van der Waals surface area (Å²) in [5, 5.41) is 12.0. The zero-order valence-corrected chi connectivity index (χ0v) is 11.7. The molecule has 0 bridgehead atoms. The van der Waals surface area contributed by atoms with Crippen LogP contribution in [-0.2, 0) is 10.0 Å². The van der Waals surface area contributed by atoms with E-state index in [-0.39, 0.29) is 10.9 Å². The lowest BCUT2D eigenvalue weighted by atomic mass is 10.1. The summed E-state index contributed by atoms with van der Waals surface area (Å²) in [5.41, 5.74) is 0.364. The Bertz CT molecular complexity index is 592. The lowest BCUT2D eigenvalue weighted by Gasteiger charge is -2.31. The number of hydrogen-bond acceptors (Lipinski definition) is 4. The average molecular weight is 279 g/mol. The molecule has 6 heteroatoms. The van der Waals surface area contributed by atoms with Crippen LogP contribution in [-0.4, -0.2) is 38.9 Å². The summed E-state index contributed by atoms with van der Waals surface area (Å²) in [6, 6.07) is 8.34. The molecule has 2 rings (SSSR count). The van der Waals surface area contributed by atoms with Gasteiger partial charge in [-0.15, -0.1) is 0 Å². The van der Waals surface area contributed by atoms with Crippen LogP contribution in [0.3, 0.4) is 0 Å². The van der Waals surface area contributed by atoms with E-state index < -0.39 is 10.0 Å². The fourth-order valence-corrected chi connectivity index (χ4v) is 3.84. The van der Waals surface area contributed by atoms with E-state index in [1.165, 1.54) is 10.4 Å². The van der Waals surface area contributed by atoms with Gasteiger partial charge in [-0.1, -0.05) is 6.07 Å². The minimum absolute atomic E-state index is 0.197. The maximum atomic E-state index is 12.5. The second-order valence-corrected chi connectivity index (χ2v) is 6.57. The van der Waals surface area contributed by atoms with Crippen molar-refractivity contribution >= 4 is 10.0 Å². The largest absolute Gasteiger partial charge is 0.316 e. The van der Waals surface area contributed by atoms with E-state index in [9.17, 15) is 8.42 Å². The van der Waals surface area contributed by atoms with Gasteiger partial charge in [-0.25, -0.2) is 8.42 Å². The smallest absolute Gasteiger partial charge is 0.243 e. The maximum absolute atomic E-state index is 12.5. The molecule has 0 aliphatic carbocycles. The van der Waals surface area contributed by atoms with Gasteiger partial charge in [-0.3, -0.25) is 0 Å². The molecule has 1 aromatic carbocycles. The molecule has 0 aromatic heterocycles. The van der Waals surface area contributed by atoms with Gasteiger partial charge in [-0.05, 0) is 38.1 Å². The Kier molecular flexibility index (Phi) is 4.20. The molecule has 5 nitrogen and oxygen atoms in total. The summed E-state index contributed by atoms with van der Waals surface area (Å²) in [4.78, 5) is 0.198. The van der Waals surface area contributed by atoms with E-state index in [1.54, 1.807) is 18.2 Å². The molecule has 1 heterocycles. The first-order valence-corrected chi connectivity index (χ1v) is 7.69. The molecule has 1 N–H and O–H groups in total. The topological polar surface area (TPSA) is 73.2 Å². The summed E-state index contributed by atoms with van der Waals surface area (Å²) in [6.07, 6.45) is 1.84. The third-order valence-corrected chi connectivity index (χ3v) is 5.25. The van der Waals surface area contributed by atoms with Gasteiger partial charge in [0.05, 0.1) is 16.5 Å². The van der Waals surface area contributed by atoms with E-state index in [0.717, 1.165) is 12.8 Å². The lowest BCUT2D eigenvalue weighted by Crippen LogP contribution is -2.46. The predicted octanol–water partition coefficient (Wildman–Crippen LogP) is 0.931. The molecular formula is C13H17N3O2S. The van der Waals surface area contributed by atoms with E-state index in [1.807, 2.05) is 13.1 Å². The van der Waals surface area contributed by atoms with Gasteiger partial charge in [0.25, 0.3) is 0 Å². The molecule has 1 aromatic rings. The Hall–Kier alpha value is -1.42. The van der Waals surface area contributed by atoms with Gasteiger partial charge in [-0.2, -0.15) is 9.57 Å². The number of benzene rings is 1. The number of likely N-dealkylation sites (N-methyl/N-ethyl adjacent to an activating group) is 1. The zero-order chi connectivity index (χ0) is 13.9. The molecule has 1 fully saturated rings. The molecule has 0 spiro atoms. The van der Waals surface area contributed by atoms with E-state index in [4.69, 9.17) is 5.26 Å². The van der Waals surface area contributed by atoms with Crippen molar-refractivity contribution in [3.05, 3.63) is 29.8 Å². The third-order valence-electron chi connectivity index (χ3n) is 3.39. The molecule has 1 aliphatic heterocycles. The fourth-order valence-electron chi connectivity index (χ4n) is 2.27. The van der Waals surface area contributed by atoms with E-state index in [2.05, 4.69) is 5.32 Å². The Balaban J connectivity index is 2.29. The Morgan fingerprint density at radius 2 is 2.26 bits per heavy atom. The van der Waals surface area contributed by atoms with Crippen LogP contribution in [0, 0.1) is 11.3 Å². The van der Waals surface area contributed by atoms with Crippen molar-refractivity contribution in [2.75, 3.05) is 20.1 Å². The molecule has 1 aliphatic rings. The highest BCUT2D eigenvalue weighted by atomic mass is 32.2. The van der Waals surface area contributed by atoms with Crippen molar-refractivity contribution in [1.82, 2.24) is 9.62 Å². The van der Waals surface area contributed by atoms with Gasteiger partial charge in [0.2, 0.25) is 10.0 Å². The second-order valence-electron chi connectivity index (χ2n) is 4.63. The highest BCUT2D eigenvalue weighted by molar-refractivity contribution is 7.89. The number of hydrogen-bond donors (Lipinski definition) is 1. The first-order valence-electron chi connectivity index (χ1n) is 6.25. The van der Waals surface area contributed by atoms with Crippen LogP contribution in [0.15, 0.2) is 29.2 Å². The molecule has 1 saturated heterocycles. The van der Waals surface area contributed by atoms with Crippen LogP contribution in [0.4, 0.5) is 0 Å². The molecule has 102 valence electrons. The van der Waals surface area contributed by atoms with Crippen molar-refractivity contribution in [3.8, 4) is 6.07 Å². The highest BCUT2D eigenvalue weighted by Crippen LogP contribution is 2.21. The predicted molar refractivity (Wildman–Crippen MR) is 72.0 cm³/mol. The van der Waals surface area contributed by atoms with Gasteiger partial charge in [0.15, 0.2) is 0 Å². The van der Waals surface area contributed by atoms with E-state index >= 15 is 0 Å². The normalized spacial score (nSPS) is 20.9. The quantitative estimate of drug-likeness (QED) is 0.893. The van der Waals surface area contributed by atoms with Crippen molar-refractivity contribution in [2.24, 2.45) is 0 Å². The van der Waals surface area contributed by atoms with Crippen LogP contribution in [0.25, 0.3) is 0 Å². The first kappa shape index (κ1) is 14.0. The molecule has 0 radical (unpaired) electrons. The monoisotopic (exact) mass is 279 g/mol. The maximum Gasteiger partial charge on any atom is 0.243 e. The Labute approximate surface area is 113 Å². The van der Waals surface area contributed by atoms with Crippen LogP contribution in [0.5, 0.6) is 0 Å². The van der Waals surface area contributed by atoms with Gasteiger partial charge < -0.3 is 5.32 Å². The SMILES string of the molecule is CNC1CCCN(S(=O)(=O)c2cccc(C#N)c2)C1. The van der Waals surface area contributed by atoms with E-state index in [0.29, 0.717) is 18.7 Å². The van der Waals surface area contributed by atoms with Gasteiger partial charge >= 0.3 is 0 Å². The minimum atomic E-state index is -3.50. The summed E-state index contributed by atoms with van der Waals surface area (Å²) < 4.78 is 26.5. The number of nitrogens with zero attached hydrogens (tertiary/aromatic N) is 2. The van der Waals surface area contributed by atoms with Gasteiger partial charge in [0, 0.05) is 19.1 Å². The number of nitrogens with one attached hydrogen (secondary N) is 1. The van der Waals surface area contributed by atoms with Crippen molar-refractivity contribution in [3.63, 3.8) is 0 Å². The minimum Gasteiger partial charge on any atom is -0.316 e. The molecular weight excluding hydrogens is 262 g/mol. The van der Waals surface area contributed by atoms with Crippen LogP contribution < -0.4 is 5.32 Å². The summed E-state index contributed by atoms with van der Waals surface area (Å²) in [6.45, 7) is 1.02. The molecule has 0 amide bonds. The Morgan fingerprint density at radius 1 is 1.47 bits per heavy atom. The molecule has 0 saturated carbocycles. The standard InChI is InChI=1S/C13H17N3O2S/c1-15-12-5-3-7-16(10-12)19(17,18)13-6-2-4-11(8-13)9-14/h2,4,6,8,12,15H,3,5,7,10H2,1H3. The zero-order valence-electron chi connectivity index (χ0n) is 10.8. The van der Waals surface area contributed by atoms with Gasteiger partial charge in [0.1, 0.15) is 0 Å².